The summed E-state index contributed by atoms with van der Waals surface area (Å²) in [5.74, 6) is 0.103. The van der Waals surface area contributed by atoms with Crippen LogP contribution in [0.2, 0.25) is 0 Å². The molecule has 0 radical (unpaired) electrons. The molecule has 1 amide bonds. The number of nitrogens with zero attached hydrogens (tertiary/aromatic N) is 6. The standard InChI is InChI=1S/C32H31FN6O3/c1-5-25(40)37-13-14-38(18(4)16-37)30-21-15-20(19-9-10-19)28-26-22(33)7-6-8-23(26)42-24-11-12-34-27(17(2)3)29(24)39(31(21)35-28)32(41)36-30/h5-8,11-12,15,17-19H,1,9-10,13-14,16H2,2-4H3/t18-/m0/s1. The van der Waals surface area contributed by atoms with Gasteiger partial charge >= 0.3 is 5.69 Å². The highest BCUT2D eigenvalue weighted by atomic mass is 19.1. The topological polar surface area (TPSA) is 96.8 Å². The molecular weight excluding hydrogens is 535 g/mol. The van der Waals surface area contributed by atoms with E-state index in [-0.39, 0.29) is 29.2 Å². The van der Waals surface area contributed by atoms with Gasteiger partial charge in [-0.25, -0.2) is 18.6 Å². The van der Waals surface area contributed by atoms with Gasteiger partial charge in [0.25, 0.3) is 0 Å². The molecule has 42 heavy (non-hydrogen) atoms. The summed E-state index contributed by atoms with van der Waals surface area (Å²) in [7, 11) is 0. The molecule has 1 aliphatic heterocycles. The predicted molar refractivity (Wildman–Crippen MR) is 160 cm³/mol. The molecule has 1 aliphatic carbocycles. The number of carbonyl (C=O) groups excluding carboxylic acids is 1. The Bertz CT molecular complexity index is 2030. The van der Waals surface area contributed by atoms with Crippen LogP contribution in [0.15, 0.2) is 58.4 Å². The number of piperazine rings is 1. The second-order valence-electron chi connectivity index (χ2n) is 11.6. The van der Waals surface area contributed by atoms with Gasteiger partial charge in [0, 0.05) is 37.9 Å². The first kappa shape index (κ1) is 26.3. The number of rotatable bonds is 4. The van der Waals surface area contributed by atoms with Crippen molar-refractivity contribution in [2.45, 2.75) is 51.5 Å². The SMILES string of the molecule is C=CC(=O)N1CCN(c2nc(=O)n3c4nc(c(C5CC5)cc24)c2c(F)cccc2oc2ccnc(C(C)C)c23)[C@@H](C)C1. The monoisotopic (exact) mass is 566 g/mol. The summed E-state index contributed by atoms with van der Waals surface area (Å²) in [5, 5.41) is 0.972. The van der Waals surface area contributed by atoms with Crippen molar-refractivity contribution in [3.8, 4) is 0 Å². The molecule has 0 N–H and O–H groups in total. The van der Waals surface area contributed by atoms with Crippen LogP contribution in [-0.2, 0) is 4.79 Å². The highest BCUT2D eigenvalue weighted by molar-refractivity contribution is 6.01. The largest absolute Gasteiger partial charge is 0.454 e. The maximum absolute atomic E-state index is 15.7. The molecule has 5 aromatic rings. The molecule has 0 unspecified atom stereocenters. The van der Waals surface area contributed by atoms with Crippen molar-refractivity contribution in [3.05, 3.63) is 76.7 Å². The normalized spacial score (nSPS) is 17.6. The summed E-state index contributed by atoms with van der Waals surface area (Å²) in [5.41, 5.74) is 3.03. The minimum atomic E-state index is -0.530. The smallest absolute Gasteiger partial charge is 0.356 e. The highest BCUT2D eigenvalue weighted by Gasteiger charge is 2.32. The lowest BCUT2D eigenvalue weighted by molar-refractivity contribution is -0.126. The summed E-state index contributed by atoms with van der Waals surface area (Å²) < 4.78 is 23.6. The van der Waals surface area contributed by atoms with E-state index in [0.29, 0.717) is 64.4 Å². The van der Waals surface area contributed by atoms with E-state index in [2.05, 4.69) is 21.4 Å². The van der Waals surface area contributed by atoms with Gasteiger partial charge in [-0.2, -0.15) is 4.98 Å². The summed E-state index contributed by atoms with van der Waals surface area (Å²) in [6.07, 6.45) is 4.89. The van der Waals surface area contributed by atoms with Crippen molar-refractivity contribution in [3.63, 3.8) is 0 Å². The molecule has 1 saturated carbocycles. The first-order valence-corrected chi connectivity index (χ1v) is 14.4. The Balaban J connectivity index is 1.65. The zero-order valence-electron chi connectivity index (χ0n) is 23.8. The second-order valence-corrected chi connectivity index (χ2v) is 11.6. The zero-order valence-corrected chi connectivity index (χ0v) is 23.8. The number of anilines is 1. The maximum atomic E-state index is 15.7. The van der Waals surface area contributed by atoms with Crippen molar-refractivity contribution in [1.29, 1.82) is 0 Å². The number of pyridine rings is 2. The van der Waals surface area contributed by atoms with Crippen LogP contribution in [0.1, 0.15) is 56.7 Å². The van der Waals surface area contributed by atoms with Crippen LogP contribution in [0.3, 0.4) is 0 Å². The molecule has 1 atom stereocenters. The molecule has 214 valence electrons. The quantitative estimate of drug-likeness (QED) is 0.267. The molecule has 1 saturated heterocycles. The van der Waals surface area contributed by atoms with E-state index in [1.54, 1.807) is 29.3 Å². The van der Waals surface area contributed by atoms with Crippen molar-refractivity contribution >= 4 is 50.3 Å². The molecule has 2 fully saturated rings. The third-order valence-electron chi connectivity index (χ3n) is 8.40. The first-order valence-electron chi connectivity index (χ1n) is 14.4. The van der Waals surface area contributed by atoms with Crippen molar-refractivity contribution in [2.75, 3.05) is 24.5 Å². The van der Waals surface area contributed by atoms with E-state index in [1.165, 1.54) is 16.5 Å². The predicted octanol–water partition coefficient (Wildman–Crippen LogP) is 5.46. The van der Waals surface area contributed by atoms with E-state index in [0.717, 1.165) is 18.4 Å². The number of carbonyl (C=O) groups is 1. The van der Waals surface area contributed by atoms with E-state index in [9.17, 15) is 9.59 Å². The van der Waals surface area contributed by atoms with Crippen LogP contribution in [0.25, 0.3) is 38.6 Å². The summed E-state index contributed by atoms with van der Waals surface area (Å²) >= 11 is 0. The summed E-state index contributed by atoms with van der Waals surface area (Å²) in [6.45, 7) is 11.0. The van der Waals surface area contributed by atoms with E-state index >= 15 is 4.39 Å². The Kier molecular flexibility index (Phi) is 6.11. The molecule has 5 heterocycles. The molecule has 2 bridgehead atoms. The fourth-order valence-electron chi connectivity index (χ4n) is 6.19. The van der Waals surface area contributed by atoms with Gasteiger partial charge in [0.2, 0.25) is 5.91 Å². The fraction of sp³-hybridized carbons (Fsp3) is 0.344. The number of aromatic nitrogens is 4. The minimum absolute atomic E-state index is 0.0568. The Hall–Kier alpha value is -4.60. The molecule has 0 spiro atoms. The second kappa shape index (κ2) is 9.75. The van der Waals surface area contributed by atoms with Gasteiger partial charge in [-0.1, -0.05) is 26.5 Å². The molecule has 10 heteroatoms. The summed E-state index contributed by atoms with van der Waals surface area (Å²) in [6, 6.07) is 8.36. The average Bonchev–Trinajstić information content (AvgIpc) is 3.81. The lowest BCUT2D eigenvalue weighted by Gasteiger charge is -2.40. The third kappa shape index (κ3) is 4.07. The van der Waals surface area contributed by atoms with E-state index in [1.807, 2.05) is 26.8 Å². The van der Waals surface area contributed by atoms with Gasteiger partial charge in [0.15, 0.2) is 11.2 Å². The fourth-order valence-corrected chi connectivity index (χ4v) is 6.19. The zero-order chi connectivity index (χ0) is 29.3. The Morgan fingerprint density at radius 3 is 2.69 bits per heavy atom. The lowest BCUT2D eigenvalue weighted by Crippen LogP contribution is -2.54. The van der Waals surface area contributed by atoms with Gasteiger partial charge in [0.05, 0.1) is 22.0 Å². The number of hydrogen-bond acceptors (Lipinski definition) is 7. The summed E-state index contributed by atoms with van der Waals surface area (Å²) in [4.78, 5) is 44.7. The number of benzene rings is 1. The van der Waals surface area contributed by atoms with Crippen molar-refractivity contribution in [1.82, 2.24) is 24.3 Å². The number of amides is 1. The third-order valence-corrected chi connectivity index (χ3v) is 8.40. The molecule has 9 nitrogen and oxygen atoms in total. The van der Waals surface area contributed by atoms with Gasteiger partial charge in [-0.3, -0.25) is 9.78 Å². The van der Waals surface area contributed by atoms with E-state index in [4.69, 9.17) is 9.40 Å². The average molecular weight is 567 g/mol. The minimum Gasteiger partial charge on any atom is -0.454 e. The van der Waals surface area contributed by atoms with Crippen LogP contribution in [0.4, 0.5) is 10.2 Å². The van der Waals surface area contributed by atoms with Crippen LogP contribution in [0.5, 0.6) is 0 Å². The van der Waals surface area contributed by atoms with Gasteiger partial charge in [-0.05, 0) is 61.4 Å². The highest BCUT2D eigenvalue weighted by Crippen LogP contribution is 2.45. The number of hydrogen-bond donors (Lipinski definition) is 0. The Morgan fingerprint density at radius 2 is 1.98 bits per heavy atom. The van der Waals surface area contributed by atoms with E-state index < -0.39 is 11.5 Å². The van der Waals surface area contributed by atoms with Crippen LogP contribution in [-0.4, -0.2) is 55.8 Å². The molecular formula is C32H31FN6O3. The van der Waals surface area contributed by atoms with Crippen molar-refractivity contribution < 1.29 is 13.6 Å². The Labute approximate surface area is 240 Å². The molecule has 2 aliphatic rings. The van der Waals surface area contributed by atoms with Crippen LogP contribution < -0.4 is 10.6 Å². The number of halogens is 1. The first-order chi connectivity index (χ1) is 20.3. The van der Waals surface area contributed by atoms with Crippen LogP contribution in [0, 0.1) is 5.82 Å². The molecule has 4 aromatic heterocycles. The Morgan fingerprint density at radius 1 is 1.17 bits per heavy atom. The van der Waals surface area contributed by atoms with Crippen LogP contribution >= 0.6 is 0 Å². The maximum Gasteiger partial charge on any atom is 0.356 e. The molecule has 1 aromatic carbocycles. The lowest BCUT2D eigenvalue weighted by atomic mass is 10.0. The number of fused-ring (bicyclic) bond motifs is 5. The van der Waals surface area contributed by atoms with Gasteiger partial charge < -0.3 is 14.2 Å². The van der Waals surface area contributed by atoms with Crippen molar-refractivity contribution in [2.24, 2.45) is 0 Å². The van der Waals surface area contributed by atoms with Gasteiger partial charge in [-0.15, -0.1) is 0 Å². The molecule has 7 rings (SSSR count). The van der Waals surface area contributed by atoms with Gasteiger partial charge in [0.1, 0.15) is 22.7 Å².